The van der Waals surface area contributed by atoms with Crippen molar-refractivity contribution >= 4 is 17.6 Å². The standard InChI is InChI=1S/C15H20N2O3/c1-11(15(19)20)14(18)16-13-6-4-12(5-7-13)10-17-8-2-3-9-17/h4-7,11H,2-3,8-10H2,1H3,(H,16,18)(H,19,20). The van der Waals surface area contributed by atoms with Gasteiger partial charge in [-0.3, -0.25) is 14.5 Å². The maximum atomic E-state index is 11.6. The Bertz CT molecular complexity index is 478. The molecule has 1 heterocycles. The molecule has 1 aliphatic heterocycles. The van der Waals surface area contributed by atoms with E-state index in [1.165, 1.54) is 25.3 Å². The van der Waals surface area contributed by atoms with Crippen LogP contribution in [-0.4, -0.2) is 35.0 Å². The number of nitrogens with zero attached hydrogens (tertiary/aromatic N) is 1. The fraction of sp³-hybridized carbons (Fsp3) is 0.467. The molecule has 0 spiro atoms. The summed E-state index contributed by atoms with van der Waals surface area (Å²) in [6.07, 6.45) is 2.53. The first kappa shape index (κ1) is 14.5. The highest BCUT2D eigenvalue weighted by molar-refractivity contribution is 6.03. The molecule has 1 atom stereocenters. The summed E-state index contributed by atoms with van der Waals surface area (Å²) in [6.45, 7) is 4.60. The molecule has 1 aromatic carbocycles. The Hall–Kier alpha value is -1.88. The van der Waals surface area contributed by atoms with Gasteiger partial charge in [0, 0.05) is 12.2 Å². The molecule has 1 unspecified atom stereocenters. The molecule has 0 aromatic heterocycles. The van der Waals surface area contributed by atoms with E-state index in [2.05, 4.69) is 10.2 Å². The van der Waals surface area contributed by atoms with Gasteiger partial charge in [-0.2, -0.15) is 0 Å². The van der Waals surface area contributed by atoms with Crippen LogP contribution in [0, 0.1) is 5.92 Å². The highest BCUT2D eigenvalue weighted by Gasteiger charge is 2.20. The minimum absolute atomic E-state index is 0.496. The number of anilines is 1. The average molecular weight is 276 g/mol. The molecular weight excluding hydrogens is 256 g/mol. The van der Waals surface area contributed by atoms with Gasteiger partial charge in [0.1, 0.15) is 5.92 Å². The van der Waals surface area contributed by atoms with Gasteiger partial charge in [0.05, 0.1) is 0 Å². The number of hydrogen-bond acceptors (Lipinski definition) is 3. The summed E-state index contributed by atoms with van der Waals surface area (Å²) >= 11 is 0. The van der Waals surface area contributed by atoms with Gasteiger partial charge in [-0.25, -0.2) is 0 Å². The second kappa shape index (κ2) is 6.52. The number of carbonyl (C=O) groups excluding carboxylic acids is 1. The number of carbonyl (C=O) groups is 2. The lowest BCUT2D eigenvalue weighted by Gasteiger charge is -2.15. The Labute approximate surface area is 118 Å². The molecule has 2 N–H and O–H groups in total. The zero-order chi connectivity index (χ0) is 14.5. The number of likely N-dealkylation sites (tertiary alicyclic amines) is 1. The molecule has 1 amide bonds. The molecule has 108 valence electrons. The molecule has 1 aliphatic rings. The SMILES string of the molecule is CC(C(=O)O)C(=O)Nc1ccc(CN2CCCC2)cc1. The van der Waals surface area contributed by atoms with Crippen molar-refractivity contribution < 1.29 is 14.7 Å². The first-order valence-electron chi connectivity index (χ1n) is 6.91. The van der Waals surface area contributed by atoms with Crippen LogP contribution in [0.15, 0.2) is 24.3 Å². The topological polar surface area (TPSA) is 69.6 Å². The van der Waals surface area contributed by atoms with Gasteiger partial charge in [-0.15, -0.1) is 0 Å². The number of carboxylic acid groups (broad SMARTS) is 1. The lowest BCUT2D eigenvalue weighted by Crippen LogP contribution is -2.26. The number of aliphatic carboxylic acids is 1. The summed E-state index contributed by atoms with van der Waals surface area (Å²) in [7, 11) is 0. The van der Waals surface area contributed by atoms with Crippen LogP contribution in [0.3, 0.4) is 0 Å². The van der Waals surface area contributed by atoms with E-state index in [0.717, 1.165) is 19.6 Å². The summed E-state index contributed by atoms with van der Waals surface area (Å²) in [5.41, 5.74) is 1.84. The van der Waals surface area contributed by atoms with Crippen molar-refractivity contribution in [3.8, 4) is 0 Å². The van der Waals surface area contributed by atoms with Crippen LogP contribution in [0.5, 0.6) is 0 Å². The maximum absolute atomic E-state index is 11.6. The molecule has 20 heavy (non-hydrogen) atoms. The number of rotatable bonds is 5. The molecule has 5 nitrogen and oxygen atoms in total. The fourth-order valence-electron chi connectivity index (χ4n) is 2.26. The van der Waals surface area contributed by atoms with Crippen molar-refractivity contribution in [2.75, 3.05) is 18.4 Å². The largest absolute Gasteiger partial charge is 0.481 e. The quantitative estimate of drug-likeness (QED) is 0.806. The number of carboxylic acids is 1. The molecule has 1 fully saturated rings. The van der Waals surface area contributed by atoms with E-state index in [-0.39, 0.29) is 0 Å². The molecule has 0 radical (unpaired) electrons. The van der Waals surface area contributed by atoms with Crippen molar-refractivity contribution in [2.45, 2.75) is 26.3 Å². The van der Waals surface area contributed by atoms with Crippen LogP contribution in [0.2, 0.25) is 0 Å². The average Bonchev–Trinajstić information content (AvgIpc) is 2.92. The summed E-state index contributed by atoms with van der Waals surface area (Å²) in [5, 5.41) is 11.4. The summed E-state index contributed by atoms with van der Waals surface area (Å²) in [5.74, 6) is -2.66. The number of benzene rings is 1. The van der Waals surface area contributed by atoms with Crippen LogP contribution >= 0.6 is 0 Å². The lowest BCUT2D eigenvalue weighted by atomic mass is 10.1. The van der Waals surface area contributed by atoms with E-state index in [0.29, 0.717) is 5.69 Å². The molecule has 0 aliphatic carbocycles. The molecule has 0 saturated carbocycles. The molecule has 1 aromatic rings. The van der Waals surface area contributed by atoms with E-state index in [4.69, 9.17) is 5.11 Å². The summed E-state index contributed by atoms with van der Waals surface area (Å²) in [4.78, 5) is 24.7. The molecule has 2 rings (SSSR count). The first-order chi connectivity index (χ1) is 9.56. The highest BCUT2D eigenvalue weighted by Crippen LogP contribution is 2.15. The van der Waals surface area contributed by atoms with E-state index in [1.54, 1.807) is 0 Å². The summed E-state index contributed by atoms with van der Waals surface area (Å²) in [6, 6.07) is 7.58. The van der Waals surface area contributed by atoms with E-state index in [1.807, 2.05) is 24.3 Å². The van der Waals surface area contributed by atoms with Gasteiger partial charge in [0.2, 0.25) is 5.91 Å². The summed E-state index contributed by atoms with van der Waals surface area (Å²) < 4.78 is 0. The third kappa shape index (κ3) is 3.81. The van der Waals surface area contributed by atoms with Crippen molar-refractivity contribution in [1.82, 2.24) is 4.90 Å². The number of amides is 1. The minimum atomic E-state index is -1.12. The Kier molecular flexibility index (Phi) is 4.74. The van der Waals surface area contributed by atoms with E-state index in [9.17, 15) is 9.59 Å². The van der Waals surface area contributed by atoms with Gasteiger partial charge in [0.15, 0.2) is 0 Å². The Morgan fingerprint density at radius 1 is 1.25 bits per heavy atom. The Morgan fingerprint density at radius 2 is 1.85 bits per heavy atom. The predicted molar refractivity (Wildman–Crippen MR) is 76.4 cm³/mol. The Balaban J connectivity index is 1.90. The van der Waals surface area contributed by atoms with Crippen molar-refractivity contribution in [3.05, 3.63) is 29.8 Å². The molecule has 0 bridgehead atoms. The second-order valence-corrected chi connectivity index (χ2v) is 5.23. The van der Waals surface area contributed by atoms with Crippen LogP contribution in [0.1, 0.15) is 25.3 Å². The van der Waals surface area contributed by atoms with Gasteiger partial charge in [-0.1, -0.05) is 12.1 Å². The van der Waals surface area contributed by atoms with Gasteiger partial charge < -0.3 is 10.4 Å². The normalized spacial score (nSPS) is 16.9. The second-order valence-electron chi connectivity index (χ2n) is 5.23. The zero-order valence-corrected chi connectivity index (χ0v) is 11.6. The monoisotopic (exact) mass is 276 g/mol. The van der Waals surface area contributed by atoms with Crippen molar-refractivity contribution in [2.24, 2.45) is 5.92 Å². The fourth-order valence-corrected chi connectivity index (χ4v) is 2.26. The van der Waals surface area contributed by atoms with Gasteiger partial charge >= 0.3 is 5.97 Å². The lowest BCUT2D eigenvalue weighted by molar-refractivity contribution is -0.144. The maximum Gasteiger partial charge on any atom is 0.315 e. The van der Waals surface area contributed by atoms with Crippen LogP contribution < -0.4 is 5.32 Å². The van der Waals surface area contributed by atoms with E-state index < -0.39 is 17.8 Å². The van der Waals surface area contributed by atoms with Crippen molar-refractivity contribution in [3.63, 3.8) is 0 Å². The molecule has 5 heteroatoms. The molecular formula is C15H20N2O3. The zero-order valence-electron chi connectivity index (χ0n) is 11.6. The van der Waals surface area contributed by atoms with E-state index >= 15 is 0 Å². The molecule has 1 saturated heterocycles. The predicted octanol–water partition coefficient (Wildman–Crippen LogP) is 1.94. The van der Waals surface area contributed by atoms with Crippen LogP contribution in [0.25, 0.3) is 0 Å². The van der Waals surface area contributed by atoms with Crippen LogP contribution in [-0.2, 0) is 16.1 Å². The number of hydrogen-bond donors (Lipinski definition) is 2. The third-order valence-electron chi connectivity index (χ3n) is 3.59. The highest BCUT2D eigenvalue weighted by atomic mass is 16.4. The van der Waals surface area contributed by atoms with Gasteiger partial charge in [-0.05, 0) is 50.6 Å². The third-order valence-corrected chi connectivity index (χ3v) is 3.59. The smallest absolute Gasteiger partial charge is 0.315 e. The number of nitrogens with one attached hydrogen (secondary N) is 1. The van der Waals surface area contributed by atoms with Crippen LogP contribution in [0.4, 0.5) is 5.69 Å². The first-order valence-corrected chi connectivity index (χ1v) is 6.91. The van der Waals surface area contributed by atoms with Crippen molar-refractivity contribution in [1.29, 1.82) is 0 Å². The van der Waals surface area contributed by atoms with Gasteiger partial charge in [0.25, 0.3) is 0 Å². The Morgan fingerprint density at radius 3 is 2.40 bits per heavy atom. The minimum Gasteiger partial charge on any atom is -0.481 e.